The van der Waals surface area contributed by atoms with Gasteiger partial charge in [-0.1, -0.05) is 27.0 Å². The highest BCUT2D eigenvalue weighted by Crippen LogP contribution is 2.15. The summed E-state index contributed by atoms with van der Waals surface area (Å²) in [5.74, 6) is -0.881. The summed E-state index contributed by atoms with van der Waals surface area (Å²) in [4.78, 5) is 24.8. The van der Waals surface area contributed by atoms with Crippen LogP contribution in [0.5, 0.6) is 0 Å². The van der Waals surface area contributed by atoms with Crippen LogP contribution in [-0.4, -0.2) is 25.6 Å². The van der Waals surface area contributed by atoms with Crippen molar-refractivity contribution in [2.75, 3.05) is 5.32 Å². The van der Waals surface area contributed by atoms with Crippen molar-refractivity contribution < 1.29 is 9.72 Å². The van der Waals surface area contributed by atoms with Gasteiger partial charge in [0.25, 0.3) is 0 Å². The number of carbonyl (C=O) groups is 1. The molecule has 0 aliphatic carbocycles. The van der Waals surface area contributed by atoms with Crippen LogP contribution in [0.4, 0.5) is 11.6 Å². The van der Waals surface area contributed by atoms with Gasteiger partial charge in [-0.15, -0.1) is 0 Å². The maximum atomic E-state index is 11.7. The molecule has 0 saturated carbocycles. The highest BCUT2D eigenvalue weighted by Gasteiger charge is 2.15. The first-order valence-electron chi connectivity index (χ1n) is 5.14. The van der Waals surface area contributed by atoms with E-state index < -0.39 is 10.9 Å². The van der Waals surface area contributed by atoms with E-state index in [0.29, 0.717) is 5.69 Å². The van der Waals surface area contributed by atoms with Crippen LogP contribution in [0.15, 0.2) is 35.1 Å². The fourth-order valence-electron chi connectivity index (χ4n) is 1.36. The first-order valence-corrected chi connectivity index (χ1v) is 5.93. The molecule has 1 aromatic heterocycles. The van der Waals surface area contributed by atoms with Gasteiger partial charge in [0.05, 0.1) is 0 Å². The molecule has 2 rings (SSSR count). The lowest BCUT2D eigenvalue weighted by Crippen LogP contribution is -2.19. The smallest absolute Gasteiger partial charge is 0.390 e. The molecule has 0 radical (unpaired) electrons. The van der Waals surface area contributed by atoms with Gasteiger partial charge < -0.3 is 15.4 Å². The van der Waals surface area contributed by atoms with E-state index in [1.165, 1.54) is 0 Å². The molecule has 1 aromatic carbocycles. The zero-order valence-corrected chi connectivity index (χ0v) is 11.1. The summed E-state index contributed by atoms with van der Waals surface area (Å²) in [6, 6.07) is 7.07. The minimum atomic E-state index is -0.720. The molecule has 0 unspecified atom stereocenters. The number of nitrogens with zero attached hydrogens (tertiary/aromatic N) is 4. The SMILES string of the molecule is O=C(Cn1cnc([N+](=O)[O-])n1)Nc1cccc(Br)c1. The van der Waals surface area contributed by atoms with Gasteiger partial charge in [0, 0.05) is 15.3 Å². The molecule has 0 aliphatic rings. The number of anilines is 1. The molecule has 2 aromatic rings. The van der Waals surface area contributed by atoms with Gasteiger partial charge in [-0.2, -0.15) is 4.68 Å². The quantitative estimate of drug-likeness (QED) is 0.679. The van der Waals surface area contributed by atoms with E-state index in [1.54, 1.807) is 18.2 Å². The van der Waals surface area contributed by atoms with Gasteiger partial charge >= 0.3 is 5.95 Å². The van der Waals surface area contributed by atoms with Crippen molar-refractivity contribution >= 4 is 33.5 Å². The molecule has 0 bridgehead atoms. The van der Waals surface area contributed by atoms with Gasteiger partial charge in [-0.3, -0.25) is 4.79 Å². The standard InChI is InChI=1S/C10H8BrN5O3/c11-7-2-1-3-8(4-7)13-9(17)5-15-6-12-10(14-15)16(18)19/h1-4,6H,5H2,(H,13,17). The van der Waals surface area contributed by atoms with Crippen LogP contribution in [-0.2, 0) is 11.3 Å². The predicted molar refractivity (Wildman–Crippen MR) is 69.4 cm³/mol. The van der Waals surface area contributed by atoms with Crippen molar-refractivity contribution in [2.45, 2.75) is 6.54 Å². The summed E-state index contributed by atoms with van der Waals surface area (Å²) in [6.45, 7) is -0.145. The second-order valence-electron chi connectivity index (χ2n) is 3.56. The van der Waals surface area contributed by atoms with Crippen LogP contribution in [0, 0.1) is 10.1 Å². The lowest BCUT2D eigenvalue weighted by Gasteiger charge is -2.03. The van der Waals surface area contributed by atoms with Gasteiger partial charge in [0.2, 0.25) is 12.2 Å². The predicted octanol–water partition coefficient (Wildman–Crippen LogP) is 1.59. The van der Waals surface area contributed by atoms with E-state index in [2.05, 4.69) is 31.3 Å². The van der Waals surface area contributed by atoms with E-state index in [1.807, 2.05) is 6.07 Å². The lowest BCUT2D eigenvalue weighted by atomic mass is 10.3. The monoisotopic (exact) mass is 325 g/mol. The summed E-state index contributed by atoms with van der Waals surface area (Å²) >= 11 is 3.28. The minimum absolute atomic E-state index is 0.145. The Kier molecular flexibility index (Phi) is 3.85. The van der Waals surface area contributed by atoms with Crippen LogP contribution >= 0.6 is 15.9 Å². The highest BCUT2D eigenvalue weighted by molar-refractivity contribution is 9.10. The van der Waals surface area contributed by atoms with E-state index in [4.69, 9.17) is 0 Å². The maximum absolute atomic E-state index is 11.7. The summed E-state index contributed by atoms with van der Waals surface area (Å²) < 4.78 is 1.94. The van der Waals surface area contributed by atoms with Crippen molar-refractivity contribution in [1.29, 1.82) is 0 Å². The van der Waals surface area contributed by atoms with Crippen molar-refractivity contribution in [1.82, 2.24) is 14.8 Å². The third-order valence-corrected chi connectivity index (χ3v) is 2.59. The van der Waals surface area contributed by atoms with E-state index in [-0.39, 0.29) is 12.5 Å². The molecule has 0 aliphatic heterocycles. The van der Waals surface area contributed by atoms with Crippen LogP contribution < -0.4 is 5.32 Å². The molecule has 0 fully saturated rings. The molecular formula is C10H8BrN5O3. The molecule has 1 amide bonds. The number of rotatable bonds is 4. The largest absolute Gasteiger partial charge is 0.490 e. The fourth-order valence-corrected chi connectivity index (χ4v) is 1.76. The van der Waals surface area contributed by atoms with Crippen molar-refractivity contribution in [2.24, 2.45) is 0 Å². The lowest BCUT2D eigenvalue weighted by molar-refractivity contribution is -0.394. The first kappa shape index (κ1) is 13.1. The average molecular weight is 326 g/mol. The van der Waals surface area contributed by atoms with Crippen LogP contribution in [0.3, 0.4) is 0 Å². The topological polar surface area (TPSA) is 103 Å². The van der Waals surface area contributed by atoms with Gasteiger partial charge in [0.1, 0.15) is 6.54 Å². The Balaban J connectivity index is 1.99. The molecule has 19 heavy (non-hydrogen) atoms. The van der Waals surface area contributed by atoms with Crippen LogP contribution in [0.2, 0.25) is 0 Å². The van der Waals surface area contributed by atoms with Crippen molar-refractivity contribution in [3.63, 3.8) is 0 Å². The number of amides is 1. The summed E-state index contributed by atoms with van der Waals surface area (Å²) in [5.41, 5.74) is 0.619. The molecule has 0 spiro atoms. The molecule has 8 nitrogen and oxygen atoms in total. The molecule has 0 atom stereocenters. The molecular weight excluding hydrogens is 318 g/mol. The van der Waals surface area contributed by atoms with E-state index in [0.717, 1.165) is 15.5 Å². The Morgan fingerprint density at radius 1 is 1.53 bits per heavy atom. The average Bonchev–Trinajstić information content (AvgIpc) is 2.77. The second kappa shape index (κ2) is 5.57. The zero-order chi connectivity index (χ0) is 13.8. The number of halogens is 1. The number of benzene rings is 1. The first-order chi connectivity index (χ1) is 9.04. The molecule has 0 saturated heterocycles. The number of nitro groups is 1. The summed E-state index contributed by atoms with van der Waals surface area (Å²) in [5, 5.41) is 16.6. The Labute approximate surface area is 115 Å². The van der Waals surface area contributed by atoms with E-state index in [9.17, 15) is 14.9 Å². The Hall–Kier alpha value is -2.29. The van der Waals surface area contributed by atoms with Gasteiger partial charge in [-0.25, -0.2) is 0 Å². The Morgan fingerprint density at radius 2 is 2.32 bits per heavy atom. The minimum Gasteiger partial charge on any atom is -0.390 e. The zero-order valence-electron chi connectivity index (χ0n) is 9.49. The number of hydrogen-bond acceptors (Lipinski definition) is 5. The number of hydrogen-bond donors (Lipinski definition) is 1. The Morgan fingerprint density at radius 3 is 2.95 bits per heavy atom. The van der Waals surface area contributed by atoms with Gasteiger partial charge in [-0.05, 0) is 23.1 Å². The molecule has 1 N–H and O–H groups in total. The van der Waals surface area contributed by atoms with Crippen LogP contribution in [0.25, 0.3) is 0 Å². The third kappa shape index (κ3) is 3.58. The summed E-state index contributed by atoms with van der Waals surface area (Å²) in [6.07, 6.45) is 1.14. The summed E-state index contributed by atoms with van der Waals surface area (Å²) in [7, 11) is 0. The second-order valence-corrected chi connectivity index (χ2v) is 4.47. The van der Waals surface area contributed by atoms with Crippen molar-refractivity contribution in [3.8, 4) is 0 Å². The molecule has 1 heterocycles. The molecule has 98 valence electrons. The highest BCUT2D eigenvalue weighted by atomic mass is 79.9. The van der Waals surface area contributed by atoms with Crippen molar-refractivity contribution in [3.05, 3.63) is 45.2 Å². The Bertz CT molecular complexity index is 627. The number of aromatic nitrogens is 3. The maximum Gasteiger partial charge on any atom is 0.490 e. The third-order valence-electron chi connectivity index (χ3n) is 2.10. The number of carbonyl (C=O) groups excluding carboxylic acids is 1. The van der Waals surface area contributed by atoms with Gasteiger partial charge in [0.15, 0.2) is 0 Å². The fraction of sp³-hybridized carbons (Fsp3) is 0.100. The van der Waals surface area contributed by atoms with Crippen LogP contribution in [0.1, 0.15) is 0 Å². The molecule has 9 heteroatoms. The number of nitrogens with one attached hydrogen (secondary N) is 1. The van der Waals surface area contributed by atoms with E-state index >= 15 is 0 Å². The normalized spacial score (nSPS) is 10.2.